The topological polar surface area (TPSA) is 109 Å². The summed E-state index contributed by atoms with van der Waals surface area (Å²) >= 11 is 0. The van der Waals surface area contributed by atoms with Crippen LogP contribution in [0.4, 0.5) is 0 Å². The van der Waals surface area contributed by atoms with E-state index in [0.717, 1.165) is 5.17 Å². The molecule has 4 fully saturated rings. The van der Waals surface area contributed by atoms with Crippen molar-refractivity contribution < 1.29 is 43.1 Å². The van der Waals surface area contributed by atoms with Gasteiger partial charge in [0.05, 0.1) is 6.54 Å². The summed E-state index contributed by atoms with van der Waals surface area (Å²) in [6, 6.07) is 0. The summed E-state index contributed by atoms with van der Waals surface area (Å²) in [5.41, 5.74) is 2.91. The number of hydrazine groups is 1. The molecule has 11 nitrogen and oxygen atoms in total. The van der Waals surface area contributed by atoms with Crippen molar-refractivity contribution in [2.75, 3.05) is 27.3 Å². The fourth-order valence-electron chi connectivity index (χ4n) is 4.41. The number of nitrogens with zero attached hydrogens (tertiary/aromatic N) is 1. The van der Waals surface area contributed by atoms with Gasteiger partial charge in [-0.3, -0.25) is 5.21 Å². The Morgan fingerprint density at radius 2 is 1.31 bits per heavy atom. The van der Waals surface area contributed by atoms with Gasteiger partial charge < -0.3 is 37.9 Å². The van der Waals surface area contributed by atoms with Crippen LogP contribution in [0.3, 0.4) is 0 Å². The van der Waals surface area contributed by atoms with Gasteiger partial charge in [-0.1, -0.05) is 0 Å². The van der Waals surface area contributed by atoms with Crippen LogP contribution in [-0.4, -0.2) is 98.5 Å². The molecular formula is C18H32N2O9. The zero-order valence-corrected chi connectivity index (χ0v) is 17.7. The van der Waals surface area contributed by atoms with Crippen molar-refractivity contribution in [2.45, 2.75) is 88.5 Å². The van der Waals surface area contributed by atoms with Gasteiger partial charge in [-0.2, -0.15) is 0 Å². The van der Waals surface area contributed by atoms with Crippen LogP contribution in [0.5, 0.6) is 0 Å². The van der Waals surface area contributed by atoms with Crippen LogP contribution < -0.4 is 5.43 Å². The van der Waals surface area contributed by atoms with Crippen molar-refractivity contribution in [2.24, 2.45) is 0 Å². The second kappa shape index (κ2) is 7.92. The zero-order chi connectivity index (χ0) is 21.0. The molecule has 4 heterocycles. The Kier molecular flexibility index (Phi) is 5.94. The molecule has 168 valence electrons. The van der Waals surface area contributed by atoms with E-state index in [-0.39, 0.29) is 37.1 Å². The van der Waals surface area contributed by atoms with E-state index in [0.29, 0.717) is 6.54 Å². The molecule has 0 aromatic heterocycles. The van der Waals surface area contributed by atoms with Crippen molar-refractivity contribution in [3.63, 3.8) is 0 Å². The number of nitrogens with one attached hydrogen (secondary N) is 1. The van der Waals surface area contributed by atoms with E-state index >= 15 is 0 Å². The maximum atomic E-state index is 10.3. The molecular weight excluding hydrogens is 388 g/mol. The maximum absolute atomic E-state index is 10.3. The Labute approximate surface area is 170 Å². The summed E-state index contributed by atoms with van der Waals surface area (Å²) in [5, 5.41) is 11.3. The third-order valence-corrected chi connectivity index (χ3v) is 5.55. The molecule has 0 saturated carbocycles. The third kappa shape index (κ3) is 4.32. The van der Waals surface area contributed by atoms with Gasteiger partial charge in [0, 0.05) is 20.8 Å². The van der Waals surface area contributed by atoms with E-state index in [4.69, 9.17) is 37.9 Å². The first-order valence-electron chi connectivity index (χ1n) is 9.90. The smallest absolute Gasteiger partial charge is 0.190 e. The third-order valence-electron chi connectivity index (χ3n) is 5.55. The Bertz CT molecular complexity index is 592. The van der Waals surface area contributed by atoms with Crippen LogP contribution in [0.25, 0.3) is 0 Å². The highest BCUT2D eigenvalue weighted by Gasteiger charge is 2.56. The summed E-state index contributed by atoms with van der Waals surface area (Å²) < 4.78 is 46.1. The monoisotopic (exact) mass is 420 g/mol. The van der Waals surface area contributed by atoms with Crippen LogP contribution in [0.15, 0.2) is 0 Å². The van der Waals surface area contributed by atoms with E-state index in [1.165, 1.54) is 0 Å². The molecule has 0 spiro atoms. The number of fused-ring (bicyclic) bond motifs is 2. The first-order valence-corrected chi connectivity index (χ1v) is 9.90. The molecule has 0 aromatic rings. The number of hydrogen-bond donors (Lipinski definition) is 2. The number of hydrogen-bond acceptors (Lipinski definition) is 11. The van der Waals surface area contributed by atoms with Gasteiger partial charge in [0.15, 0.2) is 24.2 Å². The van der Waals surface area contributed by atoms with E-state index in [9.17, 15) is 5.21 Å². The fraction of sp³-hybridized carbons (Fsp3) is 1.00. The highest BCUT2D eigenvalue weighted by molar-refractivity contribution is 4.96. The lowest BCUT2D eigenvalue weighted by Crippen LogP contribution is -2.50. The van der Waals surface area contributed by atoms with Crippen LogP contribution in [0.1, 0.15) is 27.7 Å². The molecule has 29 heavy (non-hydrogen) atoms. The summed E-state index contributed by atoms with van der Waals surface area (Å²) in [6.45, 7) is 7.77. The summed E-state index contributed by atoms with van der Waals surface area (Å²) in [4.78, 5) is 0. The molecule has 0 bridgehead atoms. The van der Waals surface area contributed by atoms with Crippen LogP contribution in [-0.2, 0) is 37.9 Å². The van der Waals surface area contributed by atoms with E-state index < -0.39 is 30.3 Å². The Morgan fingerprint density at radius 1 is 0.828 bits per heavy atom. The van der Waals surface area contributed by atoms with Gasteiger partial charge in [0.25, 0.3) is 0 Å². The Balaban J connectivity index is 1.27. The van der Waals surface area contributed by atoms with Crippen molar-refractivity contribution in [3.8, 4) is 0 Å². The van der Waals surface area contributed by atoms with Crippen LogP contribution in [0.2, 0.25) is 0 Å². The van der Waals surface area contributed by atoms with Crippen molar-refractivity contribution in [3.05, 3.63) is 0 Å². The molecule has 0 aliphatic carbocycles. The average molecular weight is 420 g/mol. The van der Waals surface area contributed by atoms with Crippen LogP contribution in [0, 0.1) is 0 Å². The average Bonchev–Trinajstić information content (AvgIpc) is 3.27. The lowest BCUT2D eigenvalue weighted by molar-refractivity contribution is -0.237. The highest BCUT2D eigenvalue weighted by atomic mass is 16.9. The normalized spacial score (nSPS) is 45.1. The fourth-order valence-corrected chi connectivity index (χ4v) is 4.41. The molecule has 8 atom stereocenters. The van der Waals surface area contributed by atoms with E-state index in [2.05, 4.69) is 5.43 Å². The first-order chi connectivity index (χ1) is 13.6. The minimum absolute atomic E-state index is 0.149. The van der Waals surface area contributed by atoms with Gasteiger partial charge in [0.2, 0.25) is 0 Å². The molecule has 4 rings (SSSR count). The van der Waals surface area contributed by atoms with Crippen molar-refractivity contribution >= 4 is 0 Å². The second-order valence-corrected chi connectivity index (χ2v) is 8.63. The Morgan fingerprint density at radius 3 is 1.83 bits per heavy atom. The van der Waals surface area contributed by atoms with Crippen LogP contribution >= 0.6 is 0 Å². The molecule has 8 unspecified atom stereocenters. The van der Waals surface area contributed by atoms with Gasteiger partial charge in [-0.05, 0) is 27.7 Å². The summed E-state index contributed by atoms with van der Waals surface area (Å²) in [6.07, 6.45) is -3.16. The molecule has 4 aliphatic heterocycles. The van der Waals surface area contributed by atoms with Crippen molar-refractivity contribution in [1.82, 2.24) is 10.6 Å². The standard InChI is InChI=1S/C18H32N2O9/c1-17(2)26-13-11(22-5)9(24-15(13)28-17)7-19-20(21)8-10-12(23-6)14-16(25-10)29-18(3,4)27-14/h9-16,19,21H,7-8H2,1-6H3. The van der Waals surface area contributed by atoms with Gasteiger partial charge >= 0.3 is 0 Å². The molecule has 0 amide bonds. The molecule has 2 N–H and O–H groups in total. The molecule has 11 heteroatoms. The van der Waals surface area contributed by atoms with Gasteiger partial charge in [0.1, 0.15) is 36.6 Å². The lowest BCUT2D eigenvalue weighted by Gasteiger charge is -2.29. The predicted octanol–water partition coefficient (Wildman–Crippen LogP) is -0.0350. The van der Waals surface area contributed by atoms with Gasteiger partial charge in [-0.15, -0.1) is 5.17 Å². The highest BCUT2D eigenvalue weighted by Crippen LogP contribution is 2.39. The molecule has 4 aliphatic rings. The minimum Gasteiger partial charge on any atom is -0.376 e. The number of ether oxygens (including phenoxy) is 8. The number of methoxy groups -OCH3 is 2. The summed E-state index contributed by atoms with van der Waals surface area (Å²) in [5.74, 6) is -1.43. The maximum Gasteiger partial charge on any atom is 0.190 e. The van der Waals surface area contributed by atoms with Crippen molar-refractivity contribution in [1.29, 1.82) is 0 Å². The lowest BCUT2D eigenvalue weighted by atomic mass is 10.1. The SMILES string of the molecule is COC1C(CNN(O)CC2OC3OC(C)(C)OC3C2OC)OC2OC(C)(C)OC21. The predicted molar refractivity (Wildman–Crippen MR) is 95.5 cm³/mol. The van der Waals surface area contributed by atoms with E-state index in [1.54, 1.807) is 14.2 Å². The zero-order valence-electron chi connectivity index (χ0n) is 17.7. The quantitative estimate of drug-likeness (QED) is 0.542. The molecule has 0 radical (unpaired) electrons. The number of rotatable bonds is 7. The first kappa shape index (κ1) is 21.8. The number of hydroxylamine groups is 1. The molecule has 0 aromatic carbocycles. The summed E-state index contributed by atoms with van der Waals surface area (Å²) in [7, 11) is 3.19. The van der Waals surface area contributed by atoms with E-state index in [1.807, 2.05) is 27.7 Å². The van der Waals surface area contributed by atoms with Gasteiger partial charge in [-0.25, -0.2) is 5.43 Å². The second-order valence-electron chi connectivity index (χ2n) is 8.63. The Hall–Kier alpha value is -0.440. The largest absolute Gasteiger partial charge is 0.376 e. The minimum atomic E-state index is -0.722. The molecule has 4 saturated heterocycles.